The van der Waals surface area contributed by atoms with Gasteiger partial charge in [-0.05, 0) is 56.3 Å². The van der Waals surface area contributed by atoms with E-state index in [0.29, 0.717) is 24.8 Å². The quantitative estimate of drug-likeness (QED) is 0.507. The van der Waals surface area contributed by atoms with Gasteiger partial charge in [-0.25, -0.2) is 4.98 Å². The number of nitriles is 1. The van der Waals surface area contributed by atoms with E-state index < -0.39 is 0 Å². The number of ether oxygens (including phenoxy) is 1. The van der Waals surface area contributed by atoms with Crippen LogP contribution in [-0.2, 0) is 13.0 Å². The Hall–Kier alpha value is -3.18. The molecule has 4 heterocycles. The fraction of sp³-hybridized carbons (Fsp3) is 0.500. The molecule has 8 heteroatoms. The first-order valence-corrected chi connectivity index (χ1v) is 11.6. The van der Waals surface area contributed by atoms with Gasteiger partial charge in [-0.15, -0.1) is 0 Å². The average molecular weight is 432 g/mol. The minimum atomic E-state index is 0.298. The fourth-order valence-corrected chi connectivity index (χ4v) is 4.91. The summed E-state index contributed by atoms with van der Waals surface area (Å²) in [6.45, 7) is 4.68. The van der Waals surface area contributed by atoms with E-state index >= 15 is 0 Å². The summed E-state index contributed by atoms with van der Waals surface area (Å²) in [4.78, 5) is 13.4. The van der Waals surface area contributed by atoms with Gasteiger partial charge in [0.05, 0.1) is 12.1 Å². The topological polar surface area (TPSA) is 82.6 Å². The van der Waals surface area contributed by atoms with Crippen molar-refractivity contribution >= 4 is 11.6 Å². The Morgan fingerprint density at radius 3 is 3.06 bits per heavy atom. The number of hydrogen-bond donors (Lipinski definition) is 0. The van der Waals surface area contributed by atoms with Gasteiger partial charge in [0.25, 0.3) is 5.78 Å². The molecule has 1 atom stereocenters. The molecule has 0 aliphatic carbocycles. The van der Waals surface area contributed by atoms with Crippen LogP contribution in [0.5, 0.6) is 5.75 Å². The molecule has 0 N–H and O–H groups in total. The van der Waals surface area contributed by atoms with Gasteiger partial charge in [0.15, 0.2) is 0 Å². The van der Waals surface area contributed by atoms with Crippen molar-refractivity contribution in [1.82, 2.24) is 24.5 Å². The van der Waals surface area contributed by atoms with Crippen LogP contribution < -0.4 is 9.64 Å². The molecule has 0 bridgehead atoms. The zero-order chi connectivity index (χ0) is 21.8. The maximum Gasteiger partial charge on any atom is 0.254 e. The molecule has 1 fully saturated rings. The van der Waals surface area contributed by atoms with Crippen LogP contribution in [-0.4, -0.2) is 56.8 Å². The van der Waals surface area contributed by atoms with Crippen molar-refractivity contribution in [2.45, 2.75) is 51.1 Å². The summed E-state index contributed by atoms with van der Waals surface area (Å²) in [5, 5.41) is 13.1. The lowest BCUT2D eigenvalue weighted by molar-refractivity contribution is 0.235. The summed E-state index contributed by atoms with van der Waals surface area (Å²) < 4.78 is 8.27. The Labute approximate surface area is 188 Å². The molecule has 1 aromatic carbocycles. The maximum absolute atomic E-state index is 8.76. The van der Waals surface area contributed by atoms with Gasteiger partial charge in [-0.1, -0.05) is 12.1 Å². The normalized spacial score (nSPS) is 18.6. The van der Waals surface area contributed by atoms with E-state index in [-0.39, 0.29) is 0 Å². The second-order valence-electron chi connectivity index (χ2n) is 8.61. The van der Waals surface area contributed by atoms with Crippen LogP contribution in [0.4, 0.5) is 5.82 Å². The largest absolute Gasteiger partial charge is 0.491 e. The molecule has 0 unspecified atom stereocenters. The standard InChI is InChI=1S/C24H29N7O/c25-11-2-1-3-13-29-15-10-19-6-4-8-22(21(19)16-29)32-17-20-7-5-14-30(20)23-9-12-26-24-27-18-28-31(23)24/h4,6,8-9,12,18,20H,1-3,5,7,10,13-17H2/t20-/m1/s1. The van der Waals surface area contributed by atoms with E-state index in [1.54, 1.807) is 12.5 Å². The predicted molar refractivity (Wildman–Crippen MR) is 122 cm³/mol. The zero-order valence-electron chi connectivity index (χ0n) is 18.4. The van der Waals surface area contributed by atoms with Crippen molar-refractivity contribution in [1.29, 1.82) is 5.26 Å². The van der Waals surface area contributed by atoms with Crippen molar-refractivity contribution in [3.8, 4) is 11.8 Å². The van der Waals surface area contributed by atoms with Crippen LogP contribution in [0, 0.1) is 11.3 Å². The number of hydrogen-bond acceptors (Lipinski definition) is 7. The molecule has 166 valence electrons. The van der Waals surface area contributed by atoms with E-state index in [9.17, 15) is 0 Å². The molecular weight excluding hydrogens is 402 g/mol. The molecule has 0 spiro atoms. The van der Waals surface area contributed by atoms with E-state index in [1.807, 2.05) is 10.6 Å². The van der Waals surface area contributed by atoms with Gasteiger partial charge in [0.1, 0.15) is 24.5 Å². The van der Waals surface area contributed by atoms with Gasteiger partial charge < -0.3 is 9.64 Å². The molecule has 0 saturated carbocycles. The highest BCUT2D eigenvalue weighted by Gasteiger charge is 2.28. The second kappa shape index (κ2) is 9.53. The highest BCUT2D eigenvalue weighted by molar-refractivity contribution is 5.47. The third kappa shape index (κ3) is 4.26. The van der Waals surface area contributed by atoms with Gasteiger partial charge in [-0.3, -0.25) is 4.90 Å². The van der Waals surface area contributed by atoms with Gasteiger partial charge in [-0.2, -0.15) is 19.9 Å². The molecule has 2 aliphatic heterocycles. The maximum atomic E-state index is 8.76. The molecule has 8 nitrogen and oxygen atoms in total. The Balaban J connectivity index is 1.26. The Kier molecular flexibility index (Phi) is 6.17. The molecule has 0 radical (unpaired) electrons. The molecule has 32 heavy (non-hydrogen) atoms. The molecule has 3 aromatic rings. The molecule has 0 amide bonds. The number of benzene rings is 1. The van der Waals surface area contributed by atoms with Crippen LogP contribution in [0.25, 0.3) is 5.78 Å². The second-order valence-corrected chi connectivity index (χ2v) is 8.61. The van der Waals surface area contributed by atoms with E-state index in [2.05, 4.69) is 49.1 Å². The third-order valence-corrected chi connectivity index (χ3v) is 6.59. The number of unbranched alkanes of at least 4 members (excludes halogenated alkanes) is 2. The van der Waals surface area contributed by atoms with Crippen LogP contribution in [0.1, 0.15) is 43.2 Å². The van der Waals surface area contributed by atoms with E-state index in [4.69, 9.17) is 10.00 Å². The number of nitrogens with zero attached hydrogens (tertiary/aromatic N) is 7. The summed E-state index contributed by atoms with van der Waals surface area (Å²) in [6, 6.07) is 11.0. The molecule has 5 rings (SSSR count). The minimum absolute atomic E-state index is 0.298. The van der Waals surface area contributed by atoms with Gasteiger partial charge in [0, 0.05) is 37.8 Å². The van der Waals surface area contributed by atoms with Crippen molar-refractivity contribution in [2.75, 3.05) is 31.1 Å². The molecular formula is C24H29N7O. The Morgan fingerprint density at radius 2 is 2.12 bits per heavy atom. The smallest absolute Gasteiger partial charge is 0.254 e. The van der Waals surface area contributed by atoms with Crippen molar-refractivity contribution in [3.63, 3.8) is 0 Å². The summed E-state index contributed by atoms with van der Waals surface area (Å²) in [5.74, 6) is 2.66. The summed E-state index contributed by atoms with van der Waals surface area (Å²) in [7, 11) is 0. The van der Waals surface area contributed by atoms with Crippen molar-refractivity contribution < 1.29 is 4.74 Å². The fourth-order valence-electron chi connectivity index (χ4n) is 4.91. The first-order chi connectivity index (χ1) is 15.8. The van der Waals surface area contributed by atoms with E-state index in [0.717, 1.165) is 69.9 Å². The highest BCUT2D eigenvalue weighted by atomic mass is 16.5. The van der Waals surface area contributed by atoms with Crippen LogP contribution in [0.2, 0.25) is 0 Å². The van der Waals surface area contributed by atoms with Crippen molar-refractivity contribution in [2.24, 2.45) is 0 Å². The van der Waals surface area contributed by atoms with Crippen LogP contribution in [0.15, 0.2) is 36.8 Å². The SMILES string of the molecule is N#CCCCCN1CCc2cccc(OC[C@H]3CCCN3c3ccnc4ncnn34)c2C1. The highest BCUT2D eigenvalue weighted by Crippen LogP contribution is 2.30. The number of fused-ring (bicyclic) bond motifs is 2. The predicted octanol–water partition coefficient (Wildman–Crippen LogP) is 3.22. The Morgan fingerprint density at radius 1 is 1.16 bits per heavy atom. The first-order valence-electron chi connectivity index (χ1n) is 11.6. The molecule has 2 aromatic heterocycles. The Bertz CT molecular complexity index is 1110. The molecule has 2 aliphatic rings. The van der Waals surface area contributed by atoms with Gasteiger partial charge >= 0.3 is 0 Å². The minimum Gasteiger partial charge on any atom is -0.491 e. The summed E-state index contributed by atoms with van der Waals surface area (Å²) in [6.07, 6.45) is 9.34. The lowest BCUT2D eigenvalue weighted by atomic mass is 9.98. The lowest BCUT2D eigenvalue weighted by Crippen LogP contribution is -2.36. The van der Waals surface area contributed by atoms with E-state index in [1.165, 1.54) is 11.1 Å². The summed E-state index contributed by atoms with van der Waals surface area (Å²) in [5.41, 5.74) is 2.73. The number of aromatic nitrogens is 4. The van der Waals surface area contributed by atoms with Gasteiger partial charge in [0.2, 0.25) is 0 Å². The van der Waals surface area contributed by atoms with Crippen LogP contribution in [0.3, 0.4) is 0 Å². The third-order valence-electron chi connectivity index (χ3n) is 6.59. The lowest BCUT2D eigenvalue weighted by Gasteiger charge is -2.31. The van der Waals surface area contributed by atoms with Crippen molar-refractivity contribution in [3.05, 3.63) is 47.9 Å². The molecule has 1 saturated heterocycles. The average Bonchev–Trinajstić information content (AvgIpc) is 3.50. The van der Waals surface area contributed by atoms with Crippen LogP contribution >= 0.6 is 0 Å². The summed E-state index contributed by atoms with van der Waals surface area (Å²) >= 11 is 0. The first kappa shape index (κ1) is 20.7. The zero-order valence-corrected chi connectivity index (χ0v) is 18.4. The number of rotatable bonds is 8. The number of anilines is 1. The monoisotopic (exact) mass is 431 g/mol.